The first-order valence-electron chi connectivity index (χ1n) is 4.84. The maximum absolute atomic E-state index is 10.8. The van der Waals surface area contributed by atoms with Crippen LogP contribution in [0.3, 0.4) is 0 Å². The van der Waals surface area contributed by atoms with Gasteiger partial charge >= 0.3 is 0 Å². The standard InChI is InChI=1S/C9H18N2O2/c1-2-8(7-9(10)12)11-3-5-13-6-4-11/h8H,2-7H2,1H3,(H2,10,12). The molecule has 76 valence electrons. The average molecular weight is 186 g/mol. The van der Waals surface area contributed by atoms with Gasteiger partial charge in [0.1, 0.15) is 0 Å². The number of hydrogen-bond acceptors (Lipinski definition) is 3. The molecule has 4 heteroatoms. The first-order valence-corrected chi connectivity index (χ1v) is 4.84. The zero-order valence-corrected chi connectivity index (χ0v) is 8.16. The van der Waals surface area contributed by atoms with Gasteiger partial charge in [-0.1, -0.05) is 6.92 Å². The lowest BCUT2D eigenvalue weighted by Crippen LogP contribution is -2.44. The van der Waals surface area contributed by atoms with Gasteiger partial charge in [-0.25, -0.2) is 0 Å². The minimum atomic E-state index is -0.210. The van der Waals surface area contributed by atoms with E-state index >= 15 is 0 Å². The van der Waals surface area contributed by atoms with Crippen LogP contribution in [-0.2, 0) is 9.53 Å². The molecule has 0 aromatic rings. The molecule has 0 aromatic heterocycles. The first-order chi connectivity index (χ1) is 6.24. The van der Waals surface area contributed by atoms with Crippen LogP contribution in [-0.4, -0.2) is 43.2 Å². The van der Waals surface area contributed by atoms with Crippen molar-refractivity contribution < 1.29 is 9.53 Å². The fourth-order valence-corrected chi connectivity index (χ4v) is 1.71. The van der Waals surface area contributed by atoms with E-state index in [9.17, 15) is 4.79 Å². The molecule has 1 unspecified atom stereocenters. The van der Waals surface area contributed by atoms with E-state index in [1.807, 2.05) is 0 Å². The van der Waals surface area contributed by atoms with Crippen LogP contribution >= 0.6 is 0 Å². The van der Waals surface area contributed by atoms with Gasteiger partial charge in [-0.15, -0.1) is 0 Å². The van der Waals surface area contributed by atoms with Gasteiger partial charge in [-0.2, -0.15) is 0 Å². The van der Waals surface area contributed by atoms with Crippen molar-refractivity contribution in [1.29, 1.82) is 0 Å². The number of rotatable bonds is 4. The predicted molar refractivity (Wildman–Crippen MR) is 50.3 cm³/mol. The summed E-state index contributed by atoms with van der Waals surface area (Å²) >= 11 is 0. The molecule has 0 aromatic carbocycles. The lowest BCUT2D eigenvalue weighted by atomic mass is 10.1. The molecule has 1 aliphatic heterocycles. The summed E-state index contributed by atoms with van der Waals surface area (Å²) in [6, 6.07) is 0.307. The van der Waals surface area contributed by atoms with Crippen molar-refractivity contribution >= 4 is 5.91 Å². The van der Waals surface area contributed by atoms with E-state index in [1.54, 1.807) is 0 Å². The summed E-state index contributed by atoms with van der Waals surface area (Å²) in [4.78, 5) is 13.1. The SMILES string of the molecule is CCC(CC(N)=O)N1CCOCC1. The van der Waals surface area contributed by atoms with Gasteiger partial charge in [-0.05, 0) is 6.42 Å². The van der Waals surface area contributed by atoms with Crippen molar-refractivity contribution in [3.63, 3.8) is 0 Å². The molecular weight excluding hydrogens is 168 g/mol. The van der Waals surface area contributed by atoms with E-state index in [4.69, 9.17) is 10.5 Å². The van der Waals surface area contributed by atoms with Gasteiger partial charge in [0.15, 0.2) is 0 Å². The Morgan fingerprint density at radius 1 is 1.54 bits per heavy atom. The number of primary amides is 1. The molecular formula is C9H18N2O2. The number of ether oxygens (including phenoxy) is 1. The Balaban J connectivity index is 2.39. The van der Waals surface area contributed by atoms with E-state index in [-0.39, 0.29) is 5.91 Å². The normalized spacial score (nSPS) is 21.3. The van der Waals surface area contributed by atoms with Gasteiger partial charge in [0.2, 0.25) is 5.91 Å². The lowest BCUT2D eigenvalue weighted by molar-refractivity contribution is -0.119. The maximum atomic E-state index is 10.8. The molecule has 1 atom stereocenters. The summed E-state index contributed by atoms with van der Waals surface area (Å²) in [7, 11) is 0. The summed E-state index contributed by atoms with van der Waals surface area (Å²) in [6.07, 6.45) is 1.44. The van der Waals surface area contributed by atoms with Crippen LogP contribution < -0.4 is 5.73 Å². The highest BCUT2D eigenvalue weighted by Crippen LogP contribution is 2.10. The van der Waals surface area contributed by atoms with Crippen molar-refractivity contribution in [3.8, 4) is 0 Å². The van der Waals surface area contributed by atoms with E-state index in [0.29, 0.717) is 12.5 Å². The highest BCUT2D eigenvalue weighted by atomic mass is 16.5. The topological polar surface area (TPSA) is 55.6 Å². The summed E-state index contributed by atoms with van der Waals surface area (Å²) < 4.78 is 5.24. The third-order valence-electron chi connectivity index (χ3n) is 2.47. The molecule has 1 heterocycles. The number of hydrogen-bond donors (Lipinski definition) is 1. The summed E-state index contributed by atoms with van der Waals surface area (Å²) in [5.41, 5.74) is 5.18. The van der Waals surface area contributed by atoms with Crippen molar-refractivity contribution in [3.05, 3.63) is 0 Å². The van der Waals surface area contributed by atoms with Crippen molar-refractivity contribution in [1.82, 2.24) is 4.90 Å². The molecule has 0 spiro atoms. The quantitative estimate of drug-likeness (QED) is 0.671. The van der Waals surface area contributed by atoms with Crippen LogP contribution in [0.4, 0.5) is 0 Å². The monoisotopic (exact) mass is 186 g/mol. The van der Waals surface area contributed by atoms with E-state index in [1.165, 1.54) is 0 Å². The molecule has 1 saturated heterocycles. The highest BCUT2D eigenvalue weighted by Gasteiger charge is 2.20. The highest BCUT2D eigenvalue weighted by molar-refractivity contribution is 5.74. The molecule has 13 heavy (non-hydrogen) atoms. The van der Waals surface area contributed by atoms with E-state index < -0.39 is 0 Å². The molecule has 0 radical (unpaired) electrons. The van der Waals surface area contributed by atoms with Gasteiger partial charge in [-0.3, -0.25) is 9.69 Å². The summed E-state index contributed by atoms with van der Waals surface area (Å²) in [5, 5.41) is 0. The Kier molecular flexibility index (Phi) is 4.18. The minimum absolute atomic E-state index is 0.210. The van der Waals surface area contributed by atoms with E-state index in [0.717, 1.165) is 32.7 Å². The van der Waals surface area contributed by atoms with Crippen molar-refractivity contribution in [2.75, 3.05) is 26.3 Å². The van der Waals surface area contributed by atoms with Crippen LogP contribution in [0.15, 0.2) is 0 Å². The molecule has 1 rings (SSSR count). The molecule has 0 bridgehead atoms. The smallest absolute Gasteiger partial charge is 0.218 e. The van der Waals surface area contributed by atoms with Crippen LogP contribution in [0.2, 0.25) is 0 Å². The number of nitrogens with zero attached hydrogens (tertiary/aromatic N) is 1. The first kappa shape index (κ1) is 10.5. The molecule has 2 N–H and O–H groups in total. The van der Waals surface area contributed by atoms with Crippen LogP contribution in [0.5, 0.6) is 0 Å². The third-order valence-corrected chi connectivity index (χ3v) is 2.47. The van der Waals surface area contributed by atoms with Crippen molar-refractivity contribution in [2.45, 2.75) is 25.8 Å². The van der Waals surface area contributed by atoms with E-state index in [2.05, 4.69) is 11.8 Å². The van der Waals surface area contributed by atoms with Gasteiger partial charge in [0.05, 0.1) is 13.2 Å². The number of carbonyl (C=O) groups excluding carboxylic acids is 1. The zero-order valence-electron chi connectivity index (χ0n) is 8.16. The Morgan fingerprint density at radius 3 is 2.62 bits per heavy atom. The van der Waals surface area contributed by atoms with Gasteiger partial charge in [0.25, 0.3) is 0 Å². The van der Waals surface area contributed by atoms with Crippen LogP contribution in [0, 0.1) is 0 Å². The Bertz CT molecular complexity index is 167. The fourth-order valence-electron chi connectivity index (χ4n) is 1.71. The van der Waals surface area contributed by atoms with Gasteiger partial charge in [0, 0.05) is 25.6 Å². The van der Waals surface area contributed by atoms with Crippen LogP contribution in [0.25, 0.3) is 0 Å². The molecule has 0 saturated carbocycles. The second-order valence-electron chi connectivity index (χ2n) is 3.38. The second kappa shape index (κ2) is 5.19. The minimum Gasteiger partial charge on any atom is -0.379 e. The molecule has 1 fully saturated rings. The number of nitrogens with two attached hydrogens (primary N) is 1. The zero-order chi connectivity index (χ0) is 9.68. The van der Waals surface area contributed by atoms with Gasteiger partial charge < -0.3 is 10.5 Å². The Morgan fingerprint density at radius 2 is 2.15 bits per heavy atom. The molecule has 0 aliphatic carbocycles. The Labute approximate surface area is 79.0 Å². The van der Waals surface area contributed by atoms with Crippen molar-refractivity contribution in [2.24, 2.45) is 5.73 Å². The van der Waals surface area contributed by atoms with Crippen LogP contribution in [0.1, 0.15) is 19.8 Å². The maximum Gasteiger partial charge on any atom is 0.218 e. The Hall–Kier alpha value is -0.610. The predicted octanol–water partition coefficient (Wildman–Crippen LogP) is -0.0274. The number of amides is 1. The fraction of sp³-hybridized carbons (Fsp3) is 0.889. The number of carbonyl (C=O) groups is 1. The largest absolute Gasteiger partial charge is 0.379 e. The second-order valence-corrected chi connectivity index (χ2v) is 3.38. The summed E-state index contributed by atoms with van der Waals surface area (Å²) in [6.45, 7) is 5.48. The third kappa shape index (κ3) is 3.32. The molecule has 1 aliphatic rings. The molecule has 1 amide bonds. The number of morpholine rings is 1. The average Bonchev–Trinajstić information content (AvgIpc) is 2.15. The summed E-state index contributed by atoms with van der Waals surface area (Å²) in [5.74, 6) is -0.210. The molecule has 4 nitrogen and oxygen atoms in total. The lowest BCUT2D eigenvalue weighted by Gasteiger charge is -2.33.